The fourth-order valence-electron chi connectivity index (χ4n) is 2.61. The quantitative estimate of drug-likeness (QED) is 0.858. The summed E-state index contributed by atoms with van der Waals surface area (Å²) < 4.78 is 9.36. The summed E-state index contributed by atoms with van der Waals surface area (Å²) in [5, 5.41) is 1.96. The summed E-state index contributed by atoms with van der Waals surface area (Å²) in [5.41, 5.74) is 3.51. The lowest BCUT2D eigenvalue weighted by molar-refractivity contribution is -0.153. The number of esters is 1. The molecule has 0 fully saturated rings. The van der Waals surface area contributed by atoms with Crippen LogP contribution in [0.4, 0.5) is 4.79 Å². The van der Waals surface area contributed by atoms with Crippen molar-refractivity contribution in [3.05, 3.63) is 34.9 Å². The van der Waals surface area contributed by atoms with Gasteiger partial charge in [0.2, 0.25) is 0 Å². The Morgan fingerprint density at radius 3 is 2.57 bits per heavy atom. The van der Waals surface area contributed by atoms with E-state index in [2.05, 4.69) is 10.8 Å². The molecule has 1 aromatic carbocycles. The van der Waals surface area contributed by atoms with Crippen molar-refractivity contribution in [3.63, 3.8) is 0 Å². The largest absolute Gasteiger partial charge is 0.453 e. The second-order valence-electron chi connectivity index (χ2n) is 5.60. The molecule has 0 aliphatic heterocycles. The van der Waals surface area contributed by atoms with Gasteiger partial charge in [0, 0.05) is 0 Å². The van der Waals surface area contributed by atoms with Gasteiger partial charge in [0.05, 0.1) is 13.5 Å². The second-order valence-corrected chi connectivity index (χ2v) is 5.60. The Labute approximate surface area is 135 Å². The maximum atomic E-state index is 11.9. The van der Waals surface area contributed by atoms with Crippen molar-refractivity contribution in [2.75, 3.05) is 7.11 Å². The van der Waals surface area contributed by atoms with Gasteiger partial charge < -0.3 is 9.47 Å². The van der Waals surface area contributed by atoms with E-state index in [1.807, 2.05) is 17.4 Å². The Morgan fingerprint density at radius 1 is 1.17 bits per heavy atom. The highest BCUT2D eigenvalue weighted by molar-refractivity contribution is 5.95. The number of hydrogen-bond acceptors (Lipinski definition) is 5. The fraction of sp³-hybridized carbons (Fsp3) is 0.471. The molecule has 1 aliphatic rings. The van der Waals surface area contributed by atoms with Crippen molar-refractivity contribution in [1.29, 1.82) is 0 Å². The van der Waals surface area contributed by atoms with Crippen LogP contribution in [0.15, 0.2) is 18.2 Å². The van der Waals surface area contributed by atoms with Gasteiger partial charge in [-0.2, -0.15) is 0 Å². The van der Waals surface area contributed by atoms with Gasteiger partial charge >= 0.3 is 12.1 Å². The Bertz CT molecular complexity index is 611. The molecule has 1 aliphatic carbocycles. The number of alkyl carbamates (subject to hydrolysis) is 1. The summed E-state index contributed by atoms with van der Waals surface area (Å²) in [6, 6.07) is 6.02. The number of rotatable bonds is 4. The lowest BCUT2D eigenvalue weighted by Gasteiger charge is -2.17. The SMILES string of the molecule is COC(=O)NC(=O)[C@@H](C)OC(=O)Cc1ccc2c(c1)CCCC2. The van der Waals surface area contributed by atoms with Crippen molar-refractivity contribution in [2.45, 2.75) is 45.1 Å². The lowest BCUT2D eigenvalue weighted by Crippen LogP contribution is -2.39. The molecule has 0 heterocycles. The van der Waals surface area contributed by atoms with E-state index in [1.165, 1.54) is 30.9 Å². The van der Waals surface area contributed by atoms with Gasteiger partial charge in [-0.15, -0.1) is 0 Å². The van der Waals surface area contributed by atoms with Gasteiger partial charge in [0.1, 0.15) is 0 Å². The van der Waals surface area contributed by atoms with Crippen molar-refractivity contribution in [2.24, 2.45) is 0 Å². The maximum Gasteiger partial charge on any atom is 0.413 e. The van der Waals surface area contributed by atoms with E-state index in [-0.39, 0.29) is 6.42 Å². The van der Waals surface area contributed by atoms with Gasteiger partial charge in [0.15, 0.2) is 6.10 Å². The molecule has 124 valence electrons. The Hall–Kier alpha value is -2.37. The number of carbonyl (C=O) groups excluding carboxylic acids is 3. The molecule has 23 heavy (non-hydrogen) atoms. The smallest absolute Gasteiger partial charge is 0.413 e. The van der Waals surface area contributed by atoms with E-state index < -0.39 is 24.1 Å². The van der Waals surface area contributed by atoms with Gasteiger partial charge in [-0.3, -0.25) is 14.9 Å². The molecule has 0 unspecified atom stereocenters. The molecule has 2 amide bonds. The highest BCUT2D eigenvalue weighted by atomic mass is 16.6. The van der Waals surface area contributed by atoms with Crippen LogP contribution < -0.4 is 5.32 Å². The Morgan fingerprint density at radius 2 is 1.87 bits per heavy atom. The molecule has 0 spiro atoms. The number of ether oxygens (including phenoxy) is 2. The van der Waals surface area contributed by atoms with E-state index >= 15 is 0 Å². The van der Waals surface area contributed by atoms with Crippen LogP contribution in [0.25, 0.3) is 0 Å². The molecule has 0 bridgehead atoms. The molecule has 2 rings (SSSR count). The number of amides is 2. The molecular formula is C17H21NO5. The molecule has 0 radical (unpaired) electrons. The Kier molecular flexibility index (Phi) is 5.73. The first-order valence-electron chi connectivity index (χ1n) is 7.68. The first-order valence-corrected chi connectivity index (χ1v) is 7.68. The predicted octanol–water partition coefficient (Wildman–Crippen LogP) is 1.92. The van der Waals surface area contributed by atoms with E-state index in [0.717, 1.165) is 25.5 Å². The number of carbonyl (C=O) groups is 3. The third-order valence-electron chi connectivity index (χ3n) is 3.85. The van der Waals surface area contributed by atoms with E-state index in [9.17, 15) is 14.4 Å². The van der Waals surface area contributed by atoms with Gasteiger partial charge in [-0.25, -0.2) is 4.79 Å². The van der Waals surface area contributed by atoms with Crippen LogP contribution in [0.3, 0.4) is 0 Å². The predicted molar refractivity (Wildman–Crippen MR) is 82.9 cm³/mol. The minimum atomic E-state index is -1.06. The lowest BCUT2D eigenvalue weighted by atomic mass is 9.90. The van der Waals surface area contributed by atoms with Crippen molar-refractivity contribution in [1.82, 2.24) is 5.32 Å². The molecule has 0 aromatic heterocycles. The maximum absolute atomic E-state index is 11.9. The fourth-order valence-corrected chi connectivity index (χ4v) is 2.61. The number of methoxy groups -OCH3 is 1. The van der Waals surface area contributed by atoms with Crippen LogP contribution in [0.5, 0.6) is 0 Å². The van der Waals surface area contributed by atoms with Gasteiger partial charge in [-0.05, 0) is 49.3 Å². The topological polar surface area (TPSA) is 81.7 Å². The zero-order chi connectivity index (χ0) is 16.8. The molecule has 1 aromatic rings. The summed E-state index contributed by atoms with van der Waals surface area (Å²) in [6.45, 7) is 1.41. The molecule has 6 nitrogen and oxygen atoms in total. The number of fused-ring (bicyclic) bond motifs is 1. The number of benzene rings is 1. The monoisotopic (exact) mass is 319 g/mol. The van der Waals surface area contributed by atoms with Gasteiger partial charge in [-0.1, -0.05) is 18.2 Å². The number of hydrogen-bond donors (Lipinski definition) is 1. The van der Waals surface area contributed by atoms with Crippen LogP contribution in [-0.4, -0.2) is 31.2 Å². The van der Waals surface area contributed by atoms with E-state index in [4.69, 9.17) is 4.74 Å². The average molecular weight is 319 g/mol. The highest BCUT2D eigenvalue weighted by Gasteiger charge is 2.20. The standard InChI is InChI=1S/C17H21NO5/c1-11(16(20)18-17(21)22-2)23-15(19)10-12-7-8-13-5-3-4-6-14(13)9-12/h7-9,11H,3-6,10H2,1-2H3,(H,18,20,21)/t11-/m1/s1. The van der Waals surface area contributed by atoms with Crippen LogP contribution in [0, 0.1) is 0 Å². The van der Waals surface area contributed by atoms with Crippen LogP contribution in [-0.2, 0) is 38.3 Å². The minimum absolute atomic E-state index is 0.100. The summed E-state index contributed by atoms with van der Waals surface area (Å²) in [7, 11) is 1.15. The minimum Gasteiger partial charge on any atom is -0.453 e. The van der Waals surface area contributed by atoms with Crippen molar-refractivity contribution < 1.29 is 23.9 Å². The molecular weight excluding hydrogens is 298 g/mol. The summed E-state index contributed by atoms with van der Waals surface area (Å²) in [5.74, 6) is -1.22. The second kappa shape index (κ2) is 7.76. The van der Waals surface area contributed by atoms with Gasteiger partial charge in [0.25, 0.3) is 5.91 Å². The number of nitrogens with one attached hydrogen (secondary N) is 1. The zero-order valence-corrected chi connectivity index (χ0v) is 13.4. The molecule has 0 saturated heterocycles. The van der Waals surface area contributed by atoms with Crippen LogP contribution >= 0.6 is 0 Å². The first kappa shape index (κ1) is 17.0. The molecule has 6 heteroatoms. The van der Waals surface area contributed by atoms with E-state index in [0.29, 0.717) is 0 Å². The highest BCUT2D eigenvalue weighted by Crippen LogP contribution is 2.22. The van der Waals surface area contributed by atoms with Crippen LogP contribution in [0.1, 0.15) is 36.5 Å². The van der Waals surface area contributed by atoms with E-state index in [1.54, 1.807) is 0 Å². The zero-order valence-electron chi connectivity index (χ0n) is 13.4. The van der Waals surface area contributed by atoms with Crippen LogP contribution in [0.2, 0.25) is 0 Å². The Balaban J connectivity index is 1.89. The van der Waals surface area contributed by atoms with Crippen molar-refractivity contribution in [3.8, 4) is 0 Å². The number of imide groups is 1. The molecule has 0 saturated carbocycles. The first-order chi connectivity index (χ1) is 11.0. The molecule has 1 N–H and O–H groups in total. The third-order valence-corrected chi connectivity index (χ3v) is 3.85. The molecule has 1 atom stereocenters. The normalized spacial score (nSPS) is 14.3. The number of aryl methyl sites for hydroxylation is 2. The summed E-state index contributed by atoms with van der Waals surface area (Å²) in [4.78, 5) is 34.5. The average Bonchev–Trinajstić information content (AvgIpc) is 2.54. The van der Waals surface area contributed by atoms with Crippen molar-refractivity contribution >= 4 is 18.0 Å². The third kappa shape index (κ3) is 4.81. The summed E-state index contributed by atoms with van der Waals surface area (Å²) >= 11 is 0. The summed E-state index contributed by atoms with van der Waals surface area (Å²) in [6.07, 6.45) is 2.67.